The van der Waals surface area contributed by atoms with E-state index in [9.17, 15) is 14.4 Å². The van der Waals surface area contributed by atoms with Crippen LogP contribution in [0, 0.1) is 5.92 Å². The standard InChI is InChI=1S/C19H20N2O3S/c1-12(2)18(15-7-4-10-25-15)20-19(24)13-5-3-6-14(11-13)21-16(22)8-9-17(21)23/h3-7,10-12,18H,8-9H2,1-2H3,(H,20,24)/t18-/m0/s1. The van der Waals surface area contributed by atoms with Gasteiger partial charge in [0.15, 0.2) is 0 Å². The first-order valence-corrected chi connectivity index (χ1v) is 9.15. The van der Waals surface area contributed by atoms with Crippen molar-refractivity contribution in [3.8, 4) is 0 Å². The maximum atomic E-state index is 12.7. The second-order valence-electron chi connectivity index (χ2n) is 6.38. The predicted molar refractivity (Wildman–Crippen MR) is 97.5 cm³/mol. The van der Waals surface area contributed by atoms with E-state index < -0.39 is 0 Å². The minimum absolute atomic E-state index is 0.0776. The van der Waals surface area contributed by atoms with Crippen LogP contribution in [-0.4, -0.2) is 17.7 Å². The van der Waals surface area contributed by atoms with Crippen molar-refractivity contribution in [3.63, 3.8) is 0 Å². The van der Waals surface area contributed by atoms with E-state index in [4.69, 9.17) is 0 Å². The first kappa shape index (κ1) is 17.4. The van der Waals surface area contributed by atoms with Crippen LogP contribution in [0.3, 0.4) is 0 Å². The average Bonchev–Trinajstić information content (AvgIpc) is 3.22. The molecule has 1 aromatic heterocycles. The number of nitrogens with zero attached hydrogens (tertiary/aromatic N) is 1. The van der Waals surface area contributed by atoms with Gasteiger partial charge in [-0.25, -0.2) is 0 Å². The van der Waals surface area contributed by atoms with E-state index in [0.717, 1.165) is 9.78 Å². The number of hydrogen-bond acceptors (Lipinski definition) is 4. The van der Waals surface area contributed by atoms with Crippen molar-refractivity contribution in [1.29, 1.82) is 0 Å². The summed E-state index contributed by atoms with van der Waals surface area (Å²) in [6.45, 7) is 4.12. The molecule has 3 rings (SSSR count). The Hall–Kier alpha value is -2.47. The molecule has 1 aliphatic rings. The lowest BCUT2D eigenvalue weighted by Gasteiger charge is -2.22. The molecule has 0 aliphatic carbocycles. The van der Waals surface area contributed by atoms with Crippen molar-refractivity contribution in [1.82, 2.24) is 5.32 Å². The topological polar surface area (TPSA) is 66.5 Å². The molecule has 0 saturated carbocycles. The van der Waals surface area contributed by atoms with Gasteiger partial charge in [-0.05, 0) is 35.6 Å². The van der Waals surface area contributed by atoms with Gasteiger partial charge in [0.2, 0.25) is 11.8 Å². The van der Waals surface area contributed by atoms with E-state index in [1.165, 1.54) is 0 Å². The molecule has 130 valence electrons. The predicted octanol–water partition coefficient (Wildman–Crippen LogP) is 3.53. The van der Waals surface area contributed by atoms with Crippen LogP contribution in [0.4, 0.5) is 5.69 Å². The van der Waals surface area contributed by atoms with Crippen LogP contribution in [0.2, 0.25) is 0 Å². The Morgan fingerprint density at radius 1 is 1.12 bits per heavy atom. The Morgan fingerprint density at radius 3 is 2.44 bits per heavy atom. The van der Waals surface area contributed by atoms with Gasteiger partial charge in [0.05, 0.1) is 11.7 Å². The van der Waals surface area contributed by atoms with Gasteiger partial charge in [0.1, 0.15) is 0 Å². The van der Waals surface area contributed by atoms with E-state index in [1.807, 2.05) is 17.5 Å². The maximum absolute atomic E-state index is 12.7. The molecule has 2 heterocycles. The molecule has 1 aliphatic heterocycles. The van der Waals surface area contributed by atoms with Gasteiger partial charge in [-0.15, -0.1) is 11.3 Å². The van der Waals surface area contributed by atoms with E-state index >= 15 is 0 Å². The summed E-state index contributed by atoms with van der Waals surface area (Å²) in [5.74, 6) is -0.414. The molecule has 0 unspecified atom stereocenters. The summed E-state index contributed by atoms with van der Waals surface area (Å²) in [6.07, 6.45) is 0.451. The largest absolute Gasteiger partial charge is 0.344 e. The van der Waals surface area contributed by atoms with Crippen LogP contribution in [0.1, 0.15) is 48.0 Å². The Morgan fingerprint density at radius 2 is 1.84 bits per heavy atom. The average molecular weight is 356 g/mol. The summed E-state index contributed by atoms with van der Waals surface area (Å²) in [7, 11) is 0. The zero-order valence-electron chi connectivity index (χ0n) is 14.2. The highest BCUT2D eigenvalue weighted by Gasteiger charge is 2.30. The molecule has 1 atom stereocenters. The molecule has 0 bridgehead atoms. The van der Waals surface area contributed by atoms with Crippen molar-refractivity contribution < 1.29 is 14.4 Å². The van der Waals surface area contributed by atoms with E-state index in [1.54, 1.807) is 35.6 Å². The Labute approximate surface area is 150 Å². The molecule has 25 heavy (non-hydrogen) atoms. The van der Waals surface area contributed by atoms with E-state index in [0.29, 0.717) is 11.3 Å². The van der Waals surface area contributed by atoms with Gasteiger partial charge < -0.3 is 5.32 Å². The van der Waals surface area contributed by atoms with Gasteiger partial charge in [-0.3, -0.25) is 19.3 Å². The summed E-state index contributed by atoms with van der Waals surface area (Å²) >= 11 is 1.61. The molecule has 1 saturated heterocycles. The Bertz CT molecular complexity index is 783. The van der Waals surface area contributed by atoms with Crippen LogP contribution in [0.5, 0.6) is 0 Å². The summed E-state index contributed by atoms with van der Waals surface area (Å²) in [5.41, 5.74) is 0.893. The molecule has 1 N–H and O–H groups in total. The van der Waals surface area contributed by atoms with Crippen LogP contribution in [0.25, 0.3) is 0 Å². The third-order valence-electron chi connectivity index (χ3n) is 4.22. The number of nitrogens with one attached hydrogen (secondary N) is 1. The zero-order chi connectivity index (χ0) is 18.0. The van der Waals surface area contributed by atoms with Crippen molar-refractivity contribution in [2.45, 2.75) is 32.7 Å². The SMILES string of the molecule is CC(C)[C@H](NC(=O)c1cccc(N2C(=O)CCC2=O)c1)c1cccs1. The molecule has 0 spiro atoms. The molecular formula is C19H20N2O3S. The first-order valence-electron chi connectivity index (χ1n) is 8.27. The summed E-state index contributed by atoms with van der Waals surface area (Å²) in [5, 5.41) is 5.05. The fourth-order valence-corrected chi connectivity index (χ4v) is 3.86. The van der Waals surface area contributed by atoms with Crippen LogP contribution in [0.15, 0.2) is 41.8 Å². The lowest BCUT2D eigenvalue weighted by molar-refractivity contribution is -0.121. The highest BCUT2D eigenvalue weighted by Crippen LogP contribution is 2.27. The van der Waals surface area contributed by atoms with Crippen LogP contribution < -0.4 is 10.2 Å². The van der Waals surface area contributed by atoms with E-state index in [-0.39, 0.29) is 42.5 Å². The van der Waals surface area contributed by atoms with Gasteiger partial charge >= 0.3 is 0 Å². The lowest BCUT2D eigenvalue weighted by Crippen LogP contribution is -2.32. The molecule has 5 nitrogen and oxygen atoms in total. The second kappa shape index (κ2) is 7.19. The Kier molecular flexibility index (Phi) is 4.99. The van der Waals surface area contributed by atoms with Gasteiger partial charge in [0.25, 0.3) is 5.91 Å². The van der Waals surface area contributed by atoms with Crippen molar-refractivity contribution in [2.75, 3.05) is 4.90 Å². The summed E-state index contributed by atoms with van der Waals surface area (Å²) < 4.78 is 0. The second-order valence-corrected chi connectivity index (χ2v) is 7.36. The van der Waals surface area contributed by atoms with E-state index in [2.05, 4.69) is 19.2 Å². The molecule has 3 amide bonds. The summed E-state index contributed by atoms with van der Waals surface area (Å²) in [4.78, 5) is 38.7. The number of rotatable bonds is 5. The highest BCUT2D eigenvalue weighted by molar-refractivity contribution is 7.10. The number of carbonyl (C=O) groups is 3. The highest BCUT2D eigenvalue weighted by atomic mass is 32.1. The van der Waals surface area contributed by atoms with Gasteiger partial charge in [-0.2, -0.15) is 0 Å². The number of anilines is 1. The normalized spacial score (nSPS) is 15.7. The van der Waals surface area contributed by atoms with Crippen molar-refractivity contribution in [3.05, 3.63) is 52.2 Å². The summed E-state index contributed by atoms with van der Waals surface area (Å²) in [6, 6.07) is 10.6. The molecule has 0 radical (unpaired) electrons. The zero-order valence-corrected chi connectivity index (χ0v) is 15.0. The Balaban J connectivity index is 1.82. The molecule has 1 aromatic carbocycles. The minimum Gasteiger partial charge on any atom is -0.344 e. The third-order valence-corrected chi connectivity index (χ3v) is 5.18. The minimum atomic E-state index is -0.221. The quantitative estimate of drug-likeness (QED) is 0.834. The number of thiophene rings is 1. The monoisotopic (exact) mass is 356 g/mol. The molecular weight excluding hydrogens is 336 g/mol. The third kappa shape index (κ3) is 3.64. The number of hydrogen-bond donors (Lipinski definition) is 1. The smallest absolute Gasteiger partial charge is 0.251 e. The van der Waals surface area contributed by atoms with Crippen molar-refractivity contribution >= 4 is 34.7 Å². The molecule has 2 aromatic rings. The van der Waals surface area contributed by atoms with Crippen LogP contribution >= 0.6 is 11.3 Å². The first-order chi connectivity index (χ1) is 12.0. The molecule has 1 fully saturated rings. The fourth-order valence-electron chi connectivity index (χ4n) is 2.91. The maximum Gasteiger partial charge on any atom is 0.251 e. The van der Waals surface area contributed by atoms with Crippen LogP contribution in [-0.2, 0) is 9.59 Å². The number of amides is 3. The van der Waals surface area contributed by atoms with Crippen molar-refractivity contribution in [2.24, 2.45) is 5.92 Å². The van der Waals surface area contributed by atoms with Gasteiger partial charge in [0, 0.05) is 23.3 Å². The number of carbonyl (C=O) groups excluding carboxylic acids is 3. The lowest BCUT2D eigenvalue weighted by atomic mass is 10.0. The number of benzene rings is 1. The fraction of sp³-hybridized carbons (Fsp3) is 0.316. The molecule has 6 heteroatoms. The van der Waals surface area contributed by atoms with Gasteiger partial charge in [-0.1, -0.05) is 26.0 Å². The number of imide groups is 1.